The highest BCUT2D eigenvalue weighted by Crippen LogP contribution is 2.15. The van der Waals surface area contributed by atoms with Gasteiger partial charge in [0.05, 0.1) is 5.66 Å². The second-order valence-electron chi connectivity index (χ2n) is 7.83. The molecule has 0 aliphatic heterocycles. The second kappa shape index (κ2) is 17.7. The first-order valence-corrected chi connectivity index (χ1v) is 10.9. The van der Waals surface area contributed by atoms with Crippen molar-refractivity contribution < 1.29 is 0 Å². The average molecular weight is 342 g/mol. The quantitative estimate of drug-likeness (QED) is 0.211. The molecule has 0 bridgehead atoms. The molecule has 0 fully saturated rings. The molecule has 0 unspecified atom stereocenters. The smallest absolute Gasteiger partial charge is 0.0648 e. The molecule has 0 aliphatic rings. The molecule has 0 heterocycles. The molecule has 24 heavy (non-hydrogen) atoms. The summed E-state index contributed by atoms with van der Waals surface area (Å²) in [4.78, 5) is 0. The van der Waals surface area contributed by atoms with Gasteiger partial charge >= 0.3 is 0 Å². The summed E-state index contributed by atoms with van der Waals surface area (Å²) in [6, 6.07) is 0. The molecular weight excluding hydrogens is 294 g/mol. The molecule has 0 saturated heterocycles. The first-order chi connectivity index (χ1) is 11.6. The monoisotopic (exact) mass is 341 g/mol. The molecular formula is C21H47N3. The van der Waals surface area contributed by atoms with E-state index in [1.807, 2.05) is 0 Å². The van der Waals surface area contributed by atoms with Crippen LogP contribution in [0.5, 0.6) is 0 Å². The van der Waals surface area contributed by atoms with Gasteiger partial charge in [0.15, 0.2) is 0 Å². The molecule has 3 heteroatoms. The maximum absolute atomic E-state index is 5.99. The van der Waals surface area contributed by atoms with Gasteiger partial charge in [0.25, 0.3) is 0 Å². The van der Waals surface area contributed by atoms with E-state index in [0.29, 0.717) is 6.54 Å². The molecule has 0 rings (SSSR count). The fourth-order valence-electron chi connectivity index (χ4n) is 3.40. The molecule has 0 aliphatic carbocycles. The van der Waals surface area contributed by atoms with Crippen LogP contribution in [0, 0.1) is 0 Å². The van der Waals surface area contributed by atoms with Gasteiger partial charge in [-0.25, -0.2) is 0 Å². The first kappa shape index (κ1) is 23.9. The van der Waals surface area contributed by atoms with Crippen LogP contribution in [0.4, 0.5) is 0 Å². The Morgan fingerprint density at radius 3 is 1.17 bits per heavy atom. The molecule has 0 aromatic carbocycles. The minimum Gasteiger partial charge on any atom is -0.330 e. The summed E-state index contributed by atoms with van der Waals surface area (Å²) in [6.07, 6.45) is 23.9. The van der Waals surface area contributed by atoms with E-state index >= 15 is 0 Å². The molecule has 3 nitrogen and oxygen atoms in total. The van der Waals surface area contributed by atoms with E-state index in [1.54, 1.807) is 0 Å². The lowest BCUT2D eigenvalue weighted by Crippen LogP contribution is -2.50. The van der Waals surface area contributed by atoms with Crippen LogP contribution in [0.25, 0.3) is 0 Å². The van der Waals surface area contributed by atoms with Gasteiger partial charge in [-0.2, -0.15) is 0 Å². The minimum absolute atomic E-state index is 0.537. The third kappa shape index (κ3) is 18.2. The Bertz CT molecular complexity index is 241. The van der Waals surface area contributed by atoms with E-state index in [0.717, 1.165) is 19.3 Å². The fraction of sp³-hybridized carbons (Fsp3) is 1.00. The van der Waals surface area contributed by atoms with Crippen LogP contribution in [0.3, 0.4) is 0 Å². The molecule has 146 valence electrons. The zero-order chi connectivity index (χ0) is 17.9. The van der Waals surface area contributed by atoms with Gasteiger partial charge in [-0.3, -0.25) is 0 Å². The summed E-state index contributed by atoms with van der Waals surface area (Å²) in [5, 5.41) is 0. The zero-order valence-corrected chi connectivity index (χ0v) is 16.7. The van der Waals surface area contributed by atoms with Crippen molar-refractivity contribution >= 4 is 0 Å². The highest BCUT2D eigenvalue weighted by Gasteiger charge is 2.16. The van der Waals surface area contributed by atoms with Crippen molar-refractivity contribution in [3.63, 3.8) is 0 Å². The van der Waals surface area contributed by atoms with Gasteiger partial charge < -0.3 is 17.2 Å². The van der Waals surface area contributed by atoms with Gasteiger partial charge in [0.1, 0.15) is 0 Å². The Balaban J connectivity index is 3.10. The molecule has 0 aromatic heterocycles. The van der Waals surface area contributed by atoms with Crippen LogP contribution in [-0.2, 0) is 0 Å². The highest BCUT2D eigenvalue weighted by molar-refractivity contribution is 4.76. The average Bonchev–Trinajstić information content (AvgIpc) is 2.54. The Morgan fingerprint density at radius 2 is 0.833 bits per heavy atom. The van der Waals surface area contributed by atoms with Crippen LogP contribution in [0.1, 0.15) is 122 Å². The van der Waals surface area contributed by atoms with Crippen molar-refractivity contribution in [3.05, 3.63) is 0 Å². The lowest BCUT2D eigenvalue weighted by molar-refractivity contribution is 0.365. The topological polar surface area (TPSA) is 78.1 Å². The minimum atomic E-state index is -0.537. The van der Waals surface area contributed by atoms with E-state index in [9.17, 15) is 0 Å². The van der Waals surface area contributed by atoms with E-state index in [-0.39, 0.29) is 0 Å². The molecule has 0 amide bonds. The van der Waals surface area contributed by atoms with Gasteiger partial charge in [0, 0.05) is 0 Å². The molecule has 0 atom stereocenters. The number of hydrogen-bond acceptors (Lipinski definition) is 3. The Morgan fingerprint density at radius 1 is 0.500 bits per heavy atom. The van der Waals surface area contributed by atoms with Gasteiger partial charge in [-0.05, 0) is 19.4 Å². The zero-order valence-electron chi connectivity index (χ0n) is 16.7. The van der Waals surface area contributed by atoms with Crippen molar-refractivity contribution in [2.45, 2.75) is 128 Å². The van der Waals surface area contributed by atoms with E-state index < -0.39 is 5.66 Å². The van der Waals surface area contributed by atoms with Crippen molar-refractivity contribution in [2.75, 3.05) is 6.54 Å². The summed E-state index contributed by atoms with van der Waals surface area (Å²) in [6.45, 7) is 2.87. The third-order valence-corrected chi connectivity index (χ3v) is 5.11. The van der Waals surface area contributed by atoms with Gasteiger partial charge in [0.2, 0.25) is 0 Å². The summed E-state index contributed by atoms with van der Waals surface area (Å²) in [5.41, 5.74) is 17.0. The molecule has 0 saturated carbocycles. The van der Waals surface area contributed by atoms with Gasteiger partial charge in [-0.15, -0.1) is 0 Å². The first-order valence-electron chi connectivity index (χ1n) is 10.9. The van der Waals surface area contributed by atoms with Crippen LogP contribution in [-0.4, -0.2) is 12.2 Å². The normalized spacial score (nSPS) is 12.0. The van der Waals surface area contributed by atoms with E-state index in [1.165, 1.54) is 96.3 Å². The molecule has 0 radical (unpaired) electrons. The SMILES string of the molecule is CCCCCCCCCCCCCCCCCCC(N)(N)CCN. The lowest BCUT2D eigenvalue weighted by Gasteiger charge is -2.23. The van der Waals surface area contributed by atoms with Crippen molar-refractivity contribution in [2.24, 2.45) is 17.2 Å². The Hall–Kier alpha value is -0.120. The Kier molecular flexibility index (Phi) is 17.6. The summed E-state index contributed by atoms with van der Waals surface area (Å²) < 4.78 is 0. The van der Waals surface area contributed by atoms with Crippen LogP contribution >= 0.6 is 0 Å². The van der Waals surface area contributed by atoms with Crippen molar-refractivity contribution in [1.82, 2.24) is 0 Å². The predicted octanol–water partition coefficient (Wildman–Crippen LogP) is 5.60. The van der Waals surface area contributed by atoms with Gasteiger partial charge in [-0.1, -0.05) is 110 Å². The standard InChI is InChI=1S/C21H47N3/c1-2-3-4-5-6-7-8-9-10-11-12-13-14-15-16-17-18-21(23,24)19-20-22/h2-20,22-24H2,1H3. The summed E-state index contributed by atoms with van der Waals surface area (Å²) in [7, 11) is 0. The van der Waals surface area contributed by atoms with Crippen LogP contribution in [0.2, 0.25) is 0 Å². The lowest BCUT2D eigenvalue weighted by atomic mass is 9.98. The van der Waals surface area contributed by atoms with Crippen molar-refractivity contribution in [3.8, 4) is 0 Å². The maximum Gasteiger partial charge on any atom is 0.0648 e. The van der Waals surface area contributed by atoms with Crippen molar-refractivity contribution in [1.29, 1.82) is 0 Å². The molecule has 0 aromatic rings. The van der Waals surface area contributed by atoms with E-state index in [4.69, 9.17) is 17.2 Å². The second-order valence-corrected chi connectivity index (χ2v) is 7.83. The number of rotatable bonds is 19. The summed E-state index contributed by atoms with van der Waals surface area (Å²) in [5.74, 6) is 0. The fourth-order valence-corrected chi connectivity index (χ4v) is 3.40. The highest BCUT2D eigenvalue weighted by atomic mass is 15.0. The Labute approximate surface area is 152 Å². The van der Waals surface area contributed by atoms with E-state index in [2.05, 4.69) is 6.92 Å². The van der Waals surface area contributed by atoms with Crippen LogP contribution < -0.4 is 17.2 Å². The molecule has 6 N–H and O–H groups in total. The number of hydrogen-bond donors (Lipinski definition) is 3. The molecule has 0 spiro atoms. The number of unbranched alkanes of at least 4 members (excludes halogenated alkanes) is 15. The third-order valence-electron chi connectivity index (χ3n) is 5.11. The predicted molar refractivity (Wildman–Crippen MR) is 109 cm³/mol. The van der Waals surface area contributed by atoms with Crippen LogP contribution in [0.15, 0.2) is 0 Å². The number of nitrogens with two attached hydrogens (primary N) is 3. The summed E-state index contributed by atoms with van der Waals surface area (Å²) >= 11 is 0. The largest absolute Gasteiger partial charge is 0.330 e. The maximum atomic E-state index is 5.99.